The third kappa shape index (κ3) is 5.93. The molecule has 8 nitrogen and oxygen atoms in total. The monoisotopic (exact) mass is 522 g/mol. The number of carbonyl (C=O) groups is 1. The van der Waals surface area contributed by atoms with Gasteiger partial charge in [-0.15, -0.1) is 5.10 Å². The number of fused-ring (bicyclic) bond motifs is 1. The molecule has 1 aliphatic rings. The standard InChI is InChI=1S/C28H34N4O4S/c1-6-8-15-37-28-30-27-29-19(4)24(26(33)35-7-2)25(32(27)31-28)20-13-14-22(23(16-20)34-5)36-17-21-12-10-9-11-18(21)3/h9-14,16,25H,6-8,15,17H2,1-5H3,(H,29,30,31). The van der Waals surface area contributed by atoms with Crippen LogP contribution in [0.15, 0.2) is 58.9 Å². The first-order valence-corrected chi connectivity index (χ1v) is 13.5. The largest absolute Gasteiger partial charge is 0.493 e. The molecule has 0 aliphatic carbocycles. The zero-order valence-electron chi connectivity index (χ0n) is 22.0. The Morgan fingerprint density at radius 1 is 1.14 bits per heavy atom. The Balaban J connectivity index is 1.69. The summed E-state index contributed by atoms with van der Waals surface area (Å²) in [6.45, 7) is 8.58. The second-order valence-electron chi connectivity index (χ2n) is 8.78. The van der Waals surface area contributed by atoms with Crippen LogP contribution in [0.1, 0.15) is 56.3 Å². The van der Waals surface area contributed by atoms with Crippen LogP contribution in [0.3, 0.4) is 0 Å². The van der Waals surface area contributed by atoms with Crippen molar-refractivity contribution < 1.29 is 19.0 Å². The quantitative estimate of drug-likeness (QED) is 0.189. The lowest BCUT2D eigenvalue weighted by Gasteiger charge is -2.28. The summed E-state index contributed by atoms with van der Waals surface area (Å²) in [5.74, 6) is 2.33. The minimum absolute atomic E-state index is 0.277. The minimum Gasteiger partial charge on any atom is -0.493 e. The Bertz CT molecular complexity index is 1290. The number of ether oxygens (including phenoxy) is 3. The molecule has 0 bridgehead atoms. The number of hydrogen-bond acceptors (Lipinski definition) is 8. The number of carbonyl (C=O) groups excluding carboxylic acids is 1. The zero-order valence-corrected chi connectivity index (χ0v) is 22.9. The van der Waals surface area contributed by atoms with E-state index in [2.05, 4.69) is 30.2 Å². The van der Waals surface area contributed by atoms with Crippen molar-refractivity contribution in [1.82, 2.24) is 14.8 Å². The number of thioether (sulfide) groups is 1. The molecule has 0 amide bonds. The molecule has 0 radical (unpaired) electrons. The van der Waals surface area contributed by atoms with Crippen molar-refractivity contribution in [3.8, 4) is 11.5 Å². The molecule has 2 aromatic carbocycles. The van der Waals surface area contributed by atoms with E-state index in [1.807, 2.05) is 43.3 Å². The smallest absolute Gasteiger partial charge is 0.338 e. The van der Waals surface area contributed by atoms with Crippen molar-refractivity contribution in [2.24, 2.45) is 0 Å². The maximum absolute atomic E-state index is 13.1. The molecule has 0 saturated carbocycles. The van der Waals surface area contributed by atoms with E-state index >= 15 is 0 Å². The van der Waals surface area contributed by atoms with Gasteiger partial charge in [-0.3, -0.25) is 0 Å². The first-order chi connectivity index (χ1) is 18.0. The van der Waals surface area contributed by atoms with Crippen molar-refractivity contribution in [2.75, 3.05) is 24.8 Å². The average Bonchev–Trinajstić information content (AvgIpc) is 3.29. The zero-order chi connectivity index (χ0) is 26.4. The number of benzene rings is 2. The average molecular weight is 523 g/mol. The lowest BCUT2D eigenvalue weighted by molar-refractivity contribution is -0.139. The Labute approximate surface area is 222 Å². The van der Waals surface area contributed by atoms with E-state index in [0.717, 1.165) is 29.7 Å². The number of esters is 1. The van der Waals surface area contributed by atoms with Gasteiger partial charge in [0.25, 0.3) is 0 Å². The first kappa shape index (κ1) is 26.6. The van der Waals surface area contributed by atoms with Crippen LogP contribution < -0.4 is 14.8 Å². The fourth-order valence-electron chi connectivity index (χ4n) is 4.18. The number of rotatable bonds is 11. The molecule has 1 unspecified atom stereocenters. The highest BCUT2D eigenvalue weighted by atomic mass is 32.2. The molecule has 4 rings (SSSR count). The van der Waals surface area contributed by atoms with Crippen molar-refractivity contribution in [3.63, 3.8) is 0 Å². The predicted molar refractivity (Wildman–Crippen MR) is 145 cm³/mol. The van der Waals surface area contributed by atoms with Gasteiger partial charge in [-0.05, 0) is 56.0 Å². The summed E-state index contributed by atoms with van der Waals surface area (Å²) in [5.41, 5.74) is 4.27. The molecule has 0 saturated heterocycles. The number of unbranched alkanes of at least 4 members (excludes halogenated alkanes) is 1. The van der Waals surface area contributed by atoms with E-state index in [1.54, 1.807) is 30.5 Å². The van der Waals surface area contributed by atoms with E-state index < -0.39 is 12.0 Å². The number of aromatic nitrogens is 3. The summed E-state index contributed by atoms with van der Waals surface area (Å²) in [7, 11) is 1.61. The Kier molecular flexibility index (Phi) is 8.76. The topological polar surface area (TPSA) is 87.5 Å². The summed E-state index contributed by atoms with van der Waals surface area (Å²) < 4.78 is 19.0. The highest BCUT2D eigenvalue weighted by Gasteiger charge is 2.35. The number of aryl methyl sites for hydroxylation is 1. The Hall–Kier alpha value is -3.46. The molecule has 9 heteroatoms. The molecule has 1 atom stereocenters. The van der Waals surface area contributed by atoms with Gasteiger partial charge < -0.3 is 19.5 Å². The van der Waals surface area contributed by atoms with E-state index in [1.165, 1.54) is 5.56 Å². The maximum atomic E-state index is 13.1. The molecule has 2 heterocycles. The minimum atomic E-state index is -0.525. The summed E-state index contributed by atoms with van der Waals surface area (Å²) in [5, 5.41) is 8.68. The second kappa shape index (κ2) is 12.2. The highest BCUT2D eigenvalue weighted by molar-refractivity contribution is 7.99. The van der Waals surface area contributed by atoms with Gasteiger partial charge in [-0.25, -0.2) is 9.48 Å². The molecule has 0 fully saturated rings. The van der Waals surface area contributed by atoms with Crippen LogP contribution in [0.5, 0.6) is 11.5 Å². The van der Waals surface area contributed by atoms with Gasteiger partial charge in [0, 0.05) is 11.4 Å². The molecule has 3 aromatic rings. The van der Waals surface area contributed by atoms with Crippen LogP contribution in [-0.4, -0.2) is 40.2 Å². The van der Waals surface area contributed by atoms with Gasteiger partial charge >= 0.3 is 5.97 Å². The summed E-state index contributed by atoms with van der Waals surface area (Å²) in [6.07, 6.45) is 2.19. The van der Waals surface area contributed by atoms with Gasteiger partial charge in [-0.2, -0.15) is 4.98 Å². The lowest BCUT2D eigenvalue weighted by atomic mass is 9.95. The van der Waals surface area contributed by atoms with Crippen molar-refractivity contribution in [2.45, 2.75) is 58.3 Å². The van der Waals surface area contributed by atoms with Gasteiger partial charge in [-0.1, -0.05) is 55.4 Å². The van der Waals surface area contributed by atoms with Crippen LogP contribution in [-0.2, 0) is 16.1 Å². The number of anilines is 1. The van der Waals surface area contributed by atoms with Gasteiger partial charge in [0.2, 0.25) is 11.1 Å². The number of nitrogens with one attached hydrogen (secondary N) is 1. The van der Waals surface area contributed by atoms with Gasteiger partial charge in [0.15, 0.2) is 11.5 Å². The highest BCUT2D eigenvalue weighted by Crippen LogP contribution is 2.40. The maximum Gasteiger partial charge on any atom is 0.338 e. The number of methoxy groups -OCH3 is 1. The van der Waals surface area contributed by atoms with Crippen LogP contribution in [0, 0.1) is 6.92 Å². The fourth-order valence-corrected chi connectivity index (χ4v) is 5.10. The third-order valence-electron chi connectivity index (χ3n) is 6.21. The number of nitrogens with zero attached hydrogens (tertiary/aromatic N) is 3. The van der Waals surface area contributed by atoms with Gasteiger partial charge in [0.05, 0.1) is 19.3 Å². The molecule has 1 N–H and O–H groups in total. The fraction of sp³-hybridized carbons (Fsp3) is 0.393. The Morgan fingerprint density at radius 3 is 2.68 bits per heavy atom. The van der Waals surface area contributed by atoms with E-state index in [4.69, 9.17) is 19.3 Å². The van der Waals surface area contributed by atoms with E-state index in [9.17, 15) is 4.79 Å². The number of allylic oxidation sites excluding steroid dienone is 1. The molecule has 196 valence electrons. The molecule has 0 spiro atoms. The third-order valence-corrected chi connectivity index (χ3v) is 7.13. The van der Waals surface area contributed by atoms with Crippen molar-refractivity contribution in [3.05, 3.63) is 70.4 Å². The van der Waals surface area contributed by atoms with E-state index in [0.29, 0.717) is 40.5 Å². The summed E-state index contributed by atoms with van der Waals surface area (Å²) >= 11 is 1.61. The predicted octanol–water partition coefficient (Wildman–Crippen LogP) is 5.92. The van der Waals surface area contributed by atoms with Crippen LogP contribution >= 0.6 is 11.8 Å². The molecule has 1 aliphatic heterocycles. The molecule has 1 aromatic heterocycles. The SMILES string of the molecule is CCCCSc1nc2n(n1)C(c1ccc(OCc3ccccc3C)c(OC)c1)C(C(=O)OCC)=C(C)N2. The van der Waals surface area contributed by atoms with E-state index in [-0.39, 0.29) is 6.61 Å². The summed E-state index contributed by atoms with van der Waals surface area (Å²) in [6, 6.07) is 13.3. The van der Waals surface area contributed by atoms with Crippen LogP contribution in [0.2, 0.25) is 0 Å². The van der Waals surface area contributed by atoms with Gasteiger partial charge in [0.1, 0.15) is 12.6 Å². The van der Waals surface area contributed by atoms with Crippen LogP contribution in [0.4, 0.5) is 5.95 Å². The second-order valence-corrected chi connectivity index (χ2v) is 9.84. The summed E-state index contributed by atoms with van der Waals surface area (Å²) in [4.78, 5) is 17.8. The first-order valence-electron chi connectivity index (χ1n) is 12.6. The lowest BCUT2D eigenvalue weighted by Crippen LogP contribution is -2.29. The van der Waals surface area contributed by atoms with Crippen LogP contribution in [0.25, 0.3) is 0 Å². The number of hydrogen-bond donors (Lipinski definition) is 1. The van der Waals surface area contributed by atoms with Crippen molar-refractivity contribution in [1.29, 1.82) is 0 Å². The molecular weight excluding hydrogens is 488 g/mol. The normalized spacial score (nSPS) is 14.7. The molecular formula is C28H34N4O4S. The Morgan fingerprint density at radius 2 is 1.95 bits per heavy atom. The molecule has 37 heavy (non-hydrogen) atoms. The van der Waals surface area contributed by atoms with Crippen molar-refractivity contribution >= 4 is 23.7 Å².